The Balaban J connectivity index is 1.76. The number of aliphatic imine (C=N–C) groups is 1. The minimum atomic E-state index is -4.93. The van der Waals surface area contributed by atoms with E-state index in [-0.39, 0.29) is 22.3 Å². The lowest BCUT2D eigenvalue weighted by atomic mass is 10.2. The summed E-state index contributed by atoms with van der Waals surface area (Å²) in [6, 6.07) is 13.2. The summed E-state index contributed by atoms with van der Waals surface area (Å²) in [6.45, 7) is 0.122. The molecule has 1 heterocycles. The third kappa shape index (κ3) is 6.68. The first-order chi connectivity index (χ1) is 15.7. The minimum Gasteiger partial charge on any atom is -0.406 e. The highest BCUT2D eigenvalue weighted by atomic mass is 32.2. The van der Waals surface area contributed by atoms with E-state index in [9.17, 15) is 21.6 Å². The van der Waals surface area contributed by atoms with Crippen molar-refractivity contribution in [3.8, 4) is 11.9 Å². The van der Waals surface area contributed by atoms with Gasteiger partial charge in [0, 0.05) is 18.1 Å². The van der Waals surface area contributed by atoms with Crippen LogP contribution in [0.15, 0.2) is 87.8 Å². The predicted octanol–water partition coefficient (Wildman–Crippen LogP) is 3.85. The number of nitriles is 1. The van der Waals surface area contributed by atoms with E-state index in [1.165, 1.54) is 30.3 Å². The Morgan fingerprint density at radius 2 is 1.76 bits per heavy atom. The normalized spacial score (nSPS) is 12.0. The number of nitrogens with one attached hydrogen (secondary N) is 2. The van der Waals surface area contributed by atoms with Crippen LogP contribution in [0.1, 0.15) is 5.56 Å². The molecule has 0 aliphatic carbocycles. The van der Waals surface area contributed by atoms with Crippen molar-refractivity contribution < 1.29 is 26.3 Å². The number of rotatable bonds is 6. The first-order valence-corrected chi connectivity index (χ1v) is 10.7. The maximum Gasteiger partial charge on any atom is 0.573 e. The third-order valence-corrected chi connectivity index (χ3v) is 5.89. The molecule has 0 aliphatic heterocycles. The van der Waals surface area contributed by atoms with E-state index < -0.39 is 21.9 Å². The van der Waals surface area contributed by atoms with Gasteiger partial charge in [-0.15, -0.1) is 13.2 Å². The molecule has 0 amide bonds. The number of benzene rings is 2. The molecule has 3 rings (SSSR count). The maximum atomic E-state index is 12.8. The van der Waals surface area contributed by atoms with Gasteiger partial charge in [-0.1, -0.05) is 18.2 Å². The second kappa shape index (κ2) is 10.0. The molecule has 33 heavy (non-hydrogen) atoms. The first kappa shape index (κ1) is 23.6. The quantitative estimate of drug-likeness (QED) is 0.241. The number of hydrogen-bond acceptors (Lipinski definition) is 6. The second-order valence-corrected chi connectivity index (χ2v) is 8.38. The Kier molecular flexibility index (Phi) is 7.14. The number of guanidine groups is 1. The Morgan fingerprint density at radius 3 is 2.39 bits per heavy atom. The van der Waals surface area contributed by atoms with Crippen LogP contribution in [0, 0.1) is 11.5 Å². The van der Waals surface area contributed by atoms with Gasteiger partial charge in [-0.3, -0.25) is 10.3 Å². The average molecular weight is 475 g/mol. The molecule has 8 nitrogen and oxygen atoms in total. The predicted molar refractivity (Wildman–Crippen MR) is 113 cm³/mol. The van der Waals surface area contributed by atoms with Gasteiger partial charge in [-0.2, -0.15) is 5.26 Å². The molecule has 0 bridgehead atoms. The van der Waals surface area contributed by atoms with Crippen molar-refractivity contribution in [2.45, 2.75) is 22.7 Å². The zero-order chi connectivity index (χ0) is 23.9. The molecule has 0 unspecified atom stereocenters. The summed E-state index contributed by atoms with van der Waals surface area (Å²) < 4.78 is 66.7. The molecule has 3 aromatic rings. The summed E-state index contributed by atoms with van der Waals surface area (Å²) >= 11 is 0. The van der Waals surface area contributed by atoms with Crippen molar-refractivity contribution in [3.05, 3.63) is 78.6 Å². The van der Waals surface area contributed by atoms with E-state index in [2.05, 4.69) is 25.3 Å². The SMILES string of the molecule is N#CNC(=NCc1ccc(S(=O)(=O)c2cccc(OC(F)(F)F)c2)cc1)Nc1ccncc1. The van der Waals surface area contributed by atoms with Crippen molar-refractivity contribution in [2.75, 3.05) is 5.32 Å². The monoisotopic (exact) mass is 475 g/mol. The largest absolute Gasteiger partial charge is 0.573 e. The van der Waals surface area contributed by atoms with Gasteiger partial charge in [0.1, 0.15) is 5.75 Å². The van der Waals surface area contributed by atoms with Crippen LogP contribution < -0.4 is 15.4 Å². The minimum absolute atomic E-state index is 0.107. The number of pyridine rings is 1. The third-order valence-electron chi connectivity index (χ3n) is 4.12. The molecule has 170 valence electrons. The van der Waals surface area contributed by atoms with Gasteiger partial charge < -0.3 is 10.1 Å². The van der Waals surface area contributed by atoms with Crippen molar-refractivity contribution >= 4 is 21.5 Å². The highest BCUT2D eigenvalue weighted by Crippen LogP contribution is 2.28. The summed E-state index contributed by atoms with van der Waals surface area (Å²) in [5.41, 5.74) is 1.29. The molecule has 1 aromatic heterocycles. The van der Waals surface area contributed by atoms with Crippen molar-refractivity contribution in [2.24, 2.45) is 4.99 Å². The van der Waals surface area contributed by atoms with Crippen LogP contribution in [0.5, 0.6) is 5.75 Å². The van der Waals surface area contributed by atoms with Gasteiger partial charge in [0.15, 0.2) is 6.19 Å². The summed E-state index contributed by atoms with van der Waals surface area (Å²) in [7, 11) is -4.07. The zero-order valence-corrected chi connectivity index (χ0v) is 17.6. The molecule has 0 spiro atoms. The first-order valence-electron chi connectivity index (χ1n) is 9.24. The Morgan fingerprint density at radius 1 is 1.06 bits per heavy atom. The standard InChI is InChI=1S/C21H16F3N5O3S/c22-21(23,24)32-17-2-1-3-19(12-17)33(30,31)18-6-4-15(5-7-18)13-27-20(28-14-25)29-16-8-10-26-11-9-16/h1-12H,13H2,(H2,26,27,28,29). The molecular formula is C21H16F3N5O3S. The molecule has 0 radical (unpaired) electrons. The molecule has 2 N–H and O–H groups in total. The number of aromatic nitrogens is 1. The lowest BCUT2D eigenvalue weighted by Crippen LogP contribution is -2.26. The van der Waals surface area contributed by atoms with E-state index >= 15 is 0 Å². The van der Waals surface area contributed by atoms with E-state index in [0.717, 1.165) is 18.2 Å². The van der Waals surface area contributed by atoms with Gasteiger partial charge >= 0.3 is 6.36 Å². The van der Waals surface area contributed by atoms with Crippen LogP contribution in [0.3, 0.4) is 0 Å². The van der Waals surface area contributed by atoms with Crippen LogP contribution >= 0.6 is 0 Å². The van der Waals surface area contributed by atoms with Gasteiger partial charge in [0.2, 0.25) is 15.8 Å². The number of hydrogen-bond donors (Lipinski definition) is 2. The number of sulfone groups is 1. The number of nitrogens with zero attached hydrogens (tertiary/aromatic N) is 3. The second-order valence-electron chi connectivity index (χ2n) is 6.43. The van der Waals surface area contributed by atoms with Crippen molar-refractivity contribution in [1.82, 2.24) is 10.3 Å². The van der Waals surface area contributed by atoms with Gasteiger partial charge in [-0.05, 0) is 48.0 Å². The maximum absolute atomic E-state index is 12.8. The Hall–Kier alpha value is -4.11. The number of halogens is 3. The zero-order valence-electron chi connectivity index (χ0n) is 16.7. The van der Waals surface area contributed by atoms with Crippen LogP contribution in [0.4, 0.5) is 18.9 Å². The van der Waals surface area contributed by atoms with Gasteiger partial charge in [-0.25, -0.2) is 13.4 Å². The number of anilines is 1. The number of alkyl halides is 3. The van der Waals surface area contributed by atoms with Crippen LogP contribution in [-0.2, 0) is 16.4 Å². The molecule has 0 saturated heterocycles. The summed E-state index contributed by atoms with van der Waals surface area (Å²) in [5.74, 6) is -0.448. The Bertz CT molecular complexity index is 1270. The molecule has 2 aromatic carbocycles. The van der Waals surface area contributed by atoms with Crippen molar-refractivity contribution in [3.63, 3.8) is 0 Å². The van der Waals surface area contributed by atoms with Gasteiger partial charge in [0.05, 0.1) is 16.3 Å². The van der Waals surface area contributed by atoms with E-state index in [0.29, 0.717) is 11.3 Å². The van der Waals surface area contributed by atoms with E-state index in [1.54, 1.807) is 30.7 Å². The Labute approximate surface area is 187 Å². The molecule has 0 aliphatic rings. The highest BCUT2D eigenvalue weighted by molar-refractivity contribution is 7.91. The van der Waals surface area contributed by atoms with E-state index in [4.69, 9.17) is 5.26 Å². The lowest BCUT2D eigenvalue weighted by Gasteiger charge is -2.11. The molecular weight excluding hydrogens is 459 g/mol. The summed E-state index contributed by atoms with van der Waals surface area (Å²) in [5, 5.41) is 14.2. The fourth-order valence-electron chi connectivity index (χ4n) is 2.65. The lowest BCUT2D eigenvalue weighted by molar-refractivity contribution is -0.274. The topological polar surface area (TPSA) is 116 Å². The molecule has 0 atom stereocenters. The highest BCUT2D eigenvalue weighted by Gasteiger charge is 2.31. The van der Waals surface area contributed by atoms with Crippen LogP contribution in [-0.4, -0.2) is 25.7 Å². The smallest absolute Gasteiger partial charge is 0.406 e. The van der Waals surface area contributed by atoms with Crippen LogP contribution in [0.2, 0.25) is 0 Å². The summed E-state index contributed by atoms with van der Waals surface area (Å²) in [4.78, 5) is 7.70. The number of ether oxygens (including phenoxy) is 1. The molecule has 0 saturated carbocycles. The summed E-state index contributed by atoms with van der Waals surface area (Å²) in [6.07, 6.45) is -0.0314. The van der Waals surface area contributed by atoms with Crippen LogP contribution in [0.25, 0.3) is 0 Å². The van der Waals surface area contributed by atoms with Gasteiger partial charge in [0.25, 0.3) is 0 Å². The molecule has 12 heteroatoms. The fraction of sp³-hybridized carbons (Fsp3) is 0.0952. The molecule has 0 fully saturated rings. The van der Waals surface area contributed by atoms with Crippen molar-refractivity contribution in [1.29, 1.82) is 5.26 Å². The fourth-order valence-corrected chi connectivity index (χ4v) is 3.95. The average Bonchev–Trinajstić information content (AvgIpc) is 2.78. The van der Waals surface area contributed by atoms with E-state index in [1.807, 2.05) is 0 Å².